The van der Waals surface area contributed by atoms with Crippen LogP contribution in [0.3, 0.4) is 0 Å². The molecule has 7 nitrogen and oxygen atoms in total. The normalized spacial score (nSPS) is 16.3. The fourth-order valence-electron chi connectivity index (χ4n) is 3.90. The van der Waals surface area contributed by atoms with Crippen molar-refractivity contribution in [2.24, 2.45) is 0 Å². The molecule has 0 saturated heterocycles. The minimum Gasteiger partial charge on any atom is -0.294 e. The zero-order chi connectivity index (χ0) is 23.4. The van der Waals surface area contributed by atoms with Crippen molar-refractivity contribution in [3.63, 3.8) is 0 Å². The molecule has 0 N–H and O–H groups in total. The SMILES string of the molecule is Cc1cc(-c2cncc([S@@](C)=O)c2)nc2c1C(=O)N(c1cnn(CC(F)(F)F)c1)C2(C)C. The summed E-state index contributed by atoms with van der Waals surface area (Å²) in [4.78, 5) is 24.1. The highest BCUT2D eigenvalue weighted by Crippen LogP contribution is 2.43. The molecule has 3 aromatic heterocycles. The lowest BCUT2D eigenvalue weighted by Gasteiger charge is -2.30. The summed E-state index contributed by atoms with van der Waals surface area (Å²) in [5, 5.41) is 3.77. The van der Waals surface area contributed by atoms with Crippen molar-refractivity contribution in [2.75, 3.05) is 11.2 Å². The minimum atomic E-state index is -4.42. The van der Waals surface area contributed by atoms with Gasteiger partial charge < -0.3 is 0 Å². The average molecular weight is 463 g/mol. The smallest absolute Gasteiger partial charge is 0.294 e. The van der Waals surface area contributed by atoms with E-state index in [-0.39, 0.29) is 11.6 Å². The second-order valence-electron chi connectivity index (χ2n) is 8.12. The number of aryl methyl sites for hydroxylation is 1. The molecule has 0 radical (unpaired) electrons. The van der Waals surface area contributed by atoms with Crippen molar-refractivity contribution in [2.45, 2.75) is 43.9 Å². The van der Waals surface area contributed by atoms with E-state index in [1.165, 1.54) is 23.5 Å². The van der Waals surface area contributed by atoms with E-state index in [2.05, 4.69) is 10.1 Å². The molecule has 168 valence electrons. The molecule has 0 aliphatic carbocycles. The van der Waals surface area contributed by atoms with Gasteiger partial charge in [0, 0.05) is 30.4 Å². The first-order valence-corrected chi connectivity index (χ1v) is 11.2. The summed E-state index contributed by atoms with van der Waals surface area (Å²) < 4.78 is 50.8. The van der Waals surface area contributed by atoms with Crippen molar-refractivity contribution >= 4 is 22.4 Å². The van der Waals surface area contributed by atoms with Gasteiger partial charge in [0.05, 0.1) is 50.1 Å². The Labute approximate surface area is 184 Å². The number of hydrogen-bond acceptors (Lipinski definition) is 5. The van der Waals surface area contributed by atoms with Crippen molar-refractivity contribution in [1.29, 1.82) is 0 Å². The standard InChI is InChI=1S/C21H20F3N5O2S/c1-12-5-16(13-6-15(32(4)31)9-25-7-13)27-18-17(12)19(30)29(20(18,2)3)14-8-26-28(10-14)11-21(22,23)24/h5-10H,11H2,1-4H3/t32-/m1/s1. The van der Waals surface area contributed by atoms with Crippen LogP contribution in [0.25, 0.3) is 11.3 Å². The molecule has 1 amide bonds. The molecule has 0 bridgehead atoms. The molecule has 32 heavy (non-hydrogen) atoms. The topological polar surface area (TPSA) is 81.0 Å². The zero-order valence-corrected chi connectivity index (χ0v) is 18.6. The molecule has 4 rings (SSSR count). The van der Waals surface area contributed by atoms with Crippen LogP contribution < -0.4 is 4.90 Å². The van der Waals surface area contributed by atoms with Gasteiger partial charge in [-0.15, -0.1) is 0 Å². The van der Waals surface area contributed by atoms with Gasteiger partial charge in [0.1, 0.15) is 6.54 Å². The first-order chi connectivity index (χ1) is 14.9. The van der Waals surface area contributed by atoms with Crippen LogP contribution in [0.5, 0.6) is 0 Å². The van der Waals surface area contributed by atoms with E-state index >= 15 is 0 Å². The van der Waals surface area contributed by atoms with E-state index in [1.54, 1.807) is 45.4 Å². The summed E-state index contributed by atoms with van der Waals surface area (Å²) in [5.74, 6) is -0.352. The molecule has 0 unspecified atom stereocenters. The number of aromatic nitrogens is 4. The third kappa shape index (κ3) is 3.81. The largest absolute Gasteiger partial charge is 0.408 e. The van der Waals surface area contributed by atoms with E-state index < -0.39 is 29.1 Å². The highest BCUT2D eigenvalue weighted by molar-refractivity contribution is 7.84. The summed E-state index contributed by atoms with van der Waals surface area (Å²) in [7, 11) is -1.22. The third-order valence-corrected chi connectivity index (χ3v) is 6.22. The Morgan fingerprint density at radius 1 is 1.16 bits per heavy atom. The number of carbonyl (C=O) groups is 1. The second kappa shape index (κ2) is 7.51. The number of halogens is 3. The Morgan fingerprint density at radius 3 is 2.53 bits per heavy atom. The molecular formula is C21H20F3N5O2S. The highest BCUT2D eigenvalue weighted by atomic mass is 32.2. The van der Waals surface area contributed by atoms with Crippen LogP contribution in [0.4, 0.5) is 18.9 Å². The number of pyridine rings is 2. The van der Waals surface area contributed by atoms with Crippen LogP contribution >= 0.6 is 0 Å². The molecule has 0 aromatic carbocycles. The molecule has 1 aliphatic heterocycles. The van der Waals surface area contributed by atoms with Crippen LogP contribution in [0.15, 0.2) is 41.8 Å². The molecule has 0 spiro atoms. The average Bonchev–Trinajstić information content (AvgIpc) is 3.20. The van der Waals surface area contributed by atoms with Crippen LogP contribution in [0.1, 0.15) is 35.5 Å². The molecule has 1 atom stereocenters. The Morgan fingerprint density at radius 2 is 1.88 bits per heavy atom. The number of anilines is 1. The lowest BCUT2D eigenvalue weighted by atomic mass is 9.96. The minimum absolute atomic E-state index is 0.258. The number of fused-ring (bicyclic) bond motifs is 1. The fourth-order valence-corrected chi connectivity index (χ4v) is 4.40. The van der Waals surface area contributed by atoms with Crippen LogP contribution in [0.2, 0.25) is 0 Å². The van der Waals surface area contributed by atoms with E-state index in [9.17, 15) is 22.2 Å². The van der Waals surface area contributed by atoms with Gasteiger partial charge in [0.25, 0.3) is 5.91 Å². The predicted octanol–water partition coefficient (Wildman–Crippen LogP) is 3.84. The predicted molar refractivity (Wildman–Crippen MR) is 113 cm³/mol. The quantitative estimate of drug-likeness (QED) is 0.587. The van der Waals surface area contributed by atoms with Gasteiger partial charge in [-0.2, -0.15) is 18.3 Å². The summed E-state index contributed by atoms with van der Waals surface area (Å²) in [5.41, 5.74) is 2.14. The number of carbonyl (C=O) groups excluding carboxylic acids is 1. The summed E-state index contributed by atoms with van der Waals surface area (Å²) in [6.07, 6.45) is 2.72. The van der Waals surface area contributed by atoms with Gasteiger partial charge in [-0.25, -0.2) is 4.98 Å². The molecule has 3 aromatic rings. The lowest BCUT2D eigenvalue weighted by Crippen LogP contribution is -2.39. The van der Waals surface area contributed by atoms with Gasteiger partial charge in [0.15, 0.2) is 0 Å². The number of rotatable bonds is 4. The zero-order valence-electron chi connectivity index (χ0n) is 17.8. The van der Waals surface area contributed by atoms with Gasteiger partial charge in [-0.3, -0.25) is 23.6 Å². The highest BCUT2D eigenvalue weighted by Gasteiger charge is 2.47. The van der Waals surface area contributed by atoms with Crippen LogP contribution in [-0.2, 0) is 22.9 Å². The Hall–Kier alpha value is -3.08. The van der Waals surface area contributed by atoms with E-state index in [0.29, 0.717) is 33.0 Å². The lowest BCUT2D eigenvalue weighted by molar-refractivity contribution is -0.142. The summed E-state index contributed by atoms with van der Waals surface area (Å²) in [6.45, 7) is 4.10. The Kier molecular flexibility index (Phi) is 5.19. The second-order valence-corrected chi connectivity index (χ2v) is 9.50. The molecule has 1 aliphatic rings. The number of hydrogen-bond donors (Lipinski definition) is 0. The number of alkyl halides is 3. The van der Waals surface area contributed by atoms with E-state index in [4.69, 9.17) is 4.98 Å². The maximum atomic E-state index is 13.3. The van der Waals surface area contributed by atoms with Crippen molar-refractivity contribution in [3.05, 3.63) is 53.7 Å². The monoisotopic (exact) mass is 463 g/mol. The summed E-state index contributed by atoms with van der Waals surface area (Å²) >= 11 is 0. The Bertz CT molecular complexity index is 1250. The Balaban J connectivity index is 1.78. The van der Waals surface area contributed by atoms with E-state index in [1.807, 2.05) is 0 Å². The molecule has 0 fully saturated rings. The van der Waals surface area contributed by atoms with Crippen molar-refractivity contribution in [3.8, 4) is 11.3 Å². The maximum absolute atomic E-state index is 13.3. The maximum Gasteiger partial charge on any atom is 0.408 e. The molecule has 4 heterocycles. The van der Waals surface area contributed by atoms with Crippen LogP contribution in [0, 0.1) is 6.92 Å². The van der Waals surface area contributed by atoms with Gasteiger partial charge >= 0.3 is 6.18 Å². The molecule has 11 heteroatoms. The number of nitrogens with zero attached hydrogens (tertiary/aromatic N) is 5. The molecule has 0 saturated carbocycles. The third-order valence-electron chi connectivity index (χ3n) is 5.33. The van der Waals surface area contributed by atoms with Crippen molar-refractivity contribution in [1.82, 2.24) is 19.7 Å². The van der Waals surface area contributed by atoms with Crippen LogP contribution in [-0.4, -0.2) is 42.3 Å². The van der Waals surface area contributed by atoms with Gasteiger partial charge in [-0.05, 0) is 38.5 Å². The first-order valence-electron chi connectivity index (χ1n) is 9.63. The number of amides is 1. The van der Waals surface area contributed by atoms with Crippen molar-refractivity contribution < 1.29 is 22.2 Å². The van der Waals surface area contributed by atoms with Gasteiger partial charge in [0.2, 0.25) is 0 Å². The fraction of sp³-hybridized carbons (Fsp3) is 0.333. The summed E-state index contributed by atoms with van der Waals surface area (Å²) in [6, 6.07) is 3.49. The first kappa shape index (κ1) is 22.1. The van der Waals surface area contributed by atoms with E-state index in [0.717, 1.165) is 4.68 Å². The molecular weight excluding hydrogens is 443 g/mol. The van der Waals surface area contributed by atoms with Gasteiger partial charge in [-0.1, -0.05) is 0 Å².